The number of imidazole rings is 1. The molecule has 1 fully saturated rings. The number of aromatic nitrogens is 3. The monoisotopic (exact) mass is 390 g/mol. The minimum absolute atomic E-state index is 0.00936. The summed E-state index contributed by atoms with van der Waals surface area (Å²) in [4.78, 5) is 33.4. The van der Waals surface area contributed by atoms with Gasteiger partial charge in [-0.25, -0.2) is 4.79 Å². The normalized spacial score (nSPS) is 15.3. The molecule has 2 aromatic carbocycles. The van der Waals surface area contributed by atoms with Gasteiger partial charge in [-0.1, -0.05) is 12.1 Å². The Kier molecular flexibility index (Phi) is 4.16. The van der Waals surface area contributed by atoms with Gasteiger partial charge < -0.3 is 19.6 Å². The van der Waals surface area contributed by atoms with Gasteiger partial charge >= 0.3 is 5.69 Å². The van der Waals surface area contributed by atoms with Gasteiger partial charge in [-0.3, -0.25) is 9.36 Å². The van der Waals surface area contributed by atoms with Gasteiger partial charge in [-0.2, -0.15) is 0 Å². The number of amides is 1. The lowest BCUT2D eigenvalue weighted by atomic mass is 10.0. The van der Waals surface area contributed by atoms with Crippen LogP contribution >= 0.6 is 0 Å². The molecule has 0 spiro atoms. The van der Waals surface area contributed by atoms with Crippen molar-refractivity contribution in [3.63, 3.8) is 0 Å². The molecular formula is C22H22N4O3. The summed E-state index contributed by atoms with van der Waals surface area (Å²) in [5.41, 5.74) is 3.15. The summed E-state index contributed by atoms with van der Waals surface area (Å²) in [6.07, 6.45) is 1.50. The molecule has 7 nitrogen and oxygen atoms in total. The molecule has 0 atom stereocenters. The molecule has 0 radical (unpaired) electrons. The van der Waals surface area contributed by atoms with Gasteiger partial charge in [0, 0.05) is 36.1 Å². The number of carbonyl (C=O) groups excluding carboxylic acids is 1. The first-order valence-electron chi connectivity index (χ1n) is 9.79. The minimum Gasteiger partial charge on any atom is -0.497 e. The van der Waals surface area contributed by atoms with Crippen LogP contribution in [0.1, 0.15) is 29.4 Å². The maximum absolute atomic E-state index is 13.0. The summed E-state index contributed by atoms with van der Waals surface area (Å²) < 4.78 is 7.09. The fraction of sp³-hybridized carbons (Fsp3) is 0.273. The van der Waals surface area contributed by atoms with Crippen LogP contribution in [0.25, 0.3) is 21.9 Å². The minimum atomic E-state index is -0.0828. The molecule has 1 aliphatic heterocycles. The highest BCUT2D eigenvalue weighted by Crippen LogP contribution is 2.27. The number of aromatic amines is 2. The molecule has 1 amide bonds. The molecule has 0 bridgehead atoms. The Balaban J connectivity index is 1.34. The van der Waals surface area contributed by atoms with Gasteiger partial charge in [0.25, 0.3) is 5.91 Å². The SMILES string of the molecule is COc1ccc2cc(C(=O)N3CCC(n4c(=O)[nH]c5ccccc54)CC3)[nH]c2c1. The van der Waals surface area contributed by atoms with E-state index in [1.165, 1.54) is 0 Å². The number of methoxy groups -OCH3 is 1. The molecule has 2 aromatic heterocycles. The number of carbonyl (C=O) groups is 1. The van der Waals surface area contributed by atoms with Crippen LogP contribution in [0.5, 0.6) is 5.75 Å². The number of fused-ring (bicyclic) bond motifs is 2. The lowest BCUT2D eigenvalue weighted by Gasteiger charge is -2.32. The number of piperidine rings is 1. The molecule has 5 rings (SSSR count). The Morgan fingerprint density at radius 2 is 1.83 bits per heavy atom. The topological polar surface area (TPSA) is 83.1 Å². The molecule has 148 valence electrons. The van der Waals surface area contributed by atoms with Crippen LogP contribution in [0.3, 0.4) is 0 Å². The number of likely N-dealkylation sites (tertiary alicyclic amines) is 1. The van der Waals surface area contributed by atoms with Crippen molar-refractivity contribution in [2.45, 2.75) is 18.9 Å². The molecule has 29 heavy (non-hydrogen) atoms. The number of H-pyrrole nitrogens is 2. The molecule has 1 aliphatic rings. The summed E-state index contributed by atoms with van der Waals surface area (Å²) in [6, 6.07) is 15.4. The standard InChI is InChI=1S/C22H22N4O3/c1-29-16-7-6-14-12-19(23-18(14)13-16)21(27)25-10-8-15(9-11-25)26-20-5-3-2-4-17(20)24-22(26)28/h2-7,12-13,15,23H,8-11H2,1H3,(H,24,28). The highest BCUT2D eigenvalue weighted by molar-refractivity contribution is 5.98. The van der Waals surface area contributed by atoms with Crippen molar-refractivity contribution in [1.29, 1.82) is 0 Å². The van der Waals surface area contributed by atoms with E-state index in [9.17, 15) is 9.59 Å². The summed E-state index contributed by atoms with van der Waals surface area (Å²) in [6.45, 7) is 1.24. The maximum Gasteiger partial charge on any atom is 0.326 e. The molecule has 2 N–H and O–H groups in total. The Labute approximate surface area is 166 Å². The van der Waals surface area contributed by atoms with Crippen molar-refractivity contribution in [3.8, 4) is 5.75 Å². The number of rotatable bonds is 3. The van der Waals surface area contributed by atoms with E-state index in [4.69, 9.17) is 4.74 Å². The number of nitrogens with one attached hydrogen (secondary N) is 2. The van der Waals surface area contributed by atoms with Crippen LogP contribution in [-0.4, -0.2) is 45.5 Å². The van der Waals surface area contributed by atoms with Gasteiger partial charge in [-0.05, 0) is 43.2 Å². The average Bonchev–Trinajstić information content (AvgIpc) is 3.32. The van der Waals surface area contributed by atoms with Crippen LogP contribution < -0.4 is 10.4 Å². The maximum atomic E-state index is 13.0. The first-order valence-corrected chi connectivity index (χ1v) is 9.79. The van der Waals surface area contributed by atoms with E-state index in [0.717, 1.165) is 40.5 Å². The summed E-state index contributed by atoms with van der Waals surface area (Å²) in [5.74, 6) is 0.744. The number of para-hydroxylation sites is 2. The number of nitrogens with zero attached hydrogens (tertiary/aromatic N) is 2. The van der Waals surface area contributed by atoms with E-state index in [1.54, 1.807) is 7.11 Å². The number of ether oxygens (including phenoxy) is 1. The third-order valence-electron chi connectivity index (χ3n) is 5.80. The summed E-state index contributed by atoms with van der Waals surface area (Å²) >= 11 is 0. The zero-order valence-corrected chi connectivity index (χ0v) is 16.1. The second kappa shape index (κ2) is 6.84. The zero-order chi connectivity index (χ0) is 20.0. The lowest BCUT2D eigenvalue weighted by molar-refractivity contribution is 0.0690. The second-order valence-corrected chi connectivity index (χ2v) is 7.48. The van der Waals surface area contributed by atoms with Gasteiger partial charge in [0.15, 0.2) is 0 Å². The first-order chi connectivity index (χ1) is 14.1. The fourth-order valence-corrected chi connectivity index (χ4v) is 4.28. The van der Waals surface area contributed by atoms with Crippen LogP contribution in [-0.2, 0) is 0 Å². The molecule has 7 heteroatoms. The highest BCUT2D eigenvalue weighted by atomic mass is 16.5. The van der Waals surface area contributed by atoms with E-state index in [2.05, 4.69) is 9.97 Å². The fourth-order valence-electron chi connectivity index (χ4n) is 4.28. The molecule has 4 aromatic rings. The molecule has 0 unspecified atom stereocenters. The third kappa shape index (κ3) is 2.99. The number of hydrogen-bond acceptors (Lipinski definition) is 3. The van der Waals surface area contributed by atoms with Crippen molar-refractivity contribution in [3.05, 3.63) is 64.7 Å². The van der Waals surface area contributed by atoms with E-state index < -0.39 is 0 Å². The second-order valence-electron chi connectivity index (χ2n) is 7.48. The Morgan fingerprint density at radius 1 is 1.03 bits per heavy atom. The summed E-state index contributed by atoms with van der Waals surface area (Å²) in [5, 5.41) is 0.981. The molecular weight excluding hydrogens is 368 g/mol. The highest BCUT2D eigenvalue weighted by Gasteiger charge is 2.27. The quantitative estimate of drug-likeness (QED) is 0.563. The van der Waals surface area contributed by atoms with Crippen LogP contribution in [0.15, 0.2) is 53.3 Å². The molecule has 0 aliphatic carbocycles. The predicted octanol–water partition coefficient (Wildman–Crippen LogP) is 3.30. The Hall–Kier alpha value is -3.48. The predicted molar refractivity (Wildman–Crippen MR) is 112 cm³/mol. The van der Waals surface area contributed by atoms with Gasteiger partial charge in [-0.15, -0.1) is 0 Å². The van der Waals surface area contributed by atoms with Crippen molar-refractivity contribution in [2.24, 2.45) is 0 Å². The van der Waals surface area contributed by atoms with Crippen molar-refractivity contribution < 1.29 is 9.53 Å². The van der Waals surface area contributed by atoms with Crippen LogP contribution in [0.4, 0.5) is 0 Å². The van der Waals surface area contributed by atoms with Gasteiger partial charge in [0.1, 0.15) is 11.4 Å². The number of hydrogen-bond donors (Lipinski definition) is 2. The van der Waals surface area contributed by atoms with Crippen molar-refractivity contribution in [1.82, 2.24) is 19.4 Å². The van der Waals surface area contributed by atoms with E-state index in [-0.39, 0.29) is 17.6 Å². The largest absolute Gasteiger partial charge is 0.497 e. The third-order valence-corrected chi connectivity index (χ3v) is 5.80. The first kappa shape index (κ1) is 17.6. The van der Waals surface area contributed by atoms with Crippen LogP contribution in [0, 0.1) is 0 Å². The zero-order valence-electron chi connectivity index (χ0n) is 16.1. The van der Waals surface area contributed by atoms with Crippen LogP contribution in [0.2, 0.25) is 0 Å². The average molecular weight is 390 g/mol. The van der Waals surface area contributed by atoms with Gasteiger partial charge in [0.05, 0.1) is 18.1 Å². The molecule has 0 saturated carbocycles. The molecule has 1 saturated heterocycles. The van der Waals surface area contributed by atoms with Crippen molar-refractivity contribution in [2.75, 3.05) is 20.2 Å². The van der Waals surface area contributed by atoms with Gasteiger partial charge in [0.2, 0.25) is 0 Å². The van der Waals surface area contributed by atoms with E-state index in [1.807, 2.05) is 58.0 Å². The lowest BCUT2D eigenvalue weighted by Crippen LogP contribution is -2.40. The van der Waals surface area contributed by atoms with E-state index >= 15 is 0 Å². The Morgan fingerprint density at radius 3 is 2.62 bits per heavy atom. The number of benzene rings is 2. The smallest absolute Gasteiger partial charge is 0.326 e. The summed E-state index contributed by atoms with van der Waals surface area (Å²) in [7, 11) is 1.62. The van der Waals surface area contributed by atoms with Crippen molar-refractivity contribution >= 4 is 27.8 Å². The molecule has 3 heterocycles. The van der Waals surface area contributed by atoms with E-state index in [0.29, 0.717) is 18.8 Å². The Bertz CT molecular complexity index is 1260.